The average Bonchev–Trinajstić information content (AvgIpc) is 3.61. The second kappa shape index (κ2) is 9.82. The van der Waals surface area contributed by atoms with Crippen LogP contribution in [0.3, 0.4) is 0 Å². The van der Waals surface area contributed by atoms with Gasteiger partial charge < -0.3 is 9.13 Å². The summed E-state index contributed by atoms with van der Waals surface area (Å²) in [5.74, 6) is 0. The Morgan fingerprint density at radius 3 is 1.64 bits per heavy atom. The molecule has 44 heavy (non-hydrogen) atoms. The summed E-state index contributed by atoms with van der Waals surface area (Å²) in [5.41, 5.74) is 12.5. The maximum atomic E-state index is 5.28. The van der Waals surface area contributed by atoms with Gasteiger partial charge in [-0.3, -0.25) is 0 Å². The molecule has 0 aliphatic heterocycles. The molecule has 3 heteroatoms. The molecule has 0 aliphatic rings. The van der Waals surface area contributed by atoms with Crippen LogP contribution in [0.15, 0.2) is 164 Å². The molecule has 0 saturated heterocycles. The number of pyridine rings is 1. The van der Waals surface area contributed by atoms with Crippen molar-refractivity contribution in [2.75, 3.05) is 0 Å². The van der Waals surface area contributed by atoms with Gasteiger partial charge in [-0.05, 0) is 71.8 Å². The molecule has 0 fully saturated rings. The molecule has 9 aromatic rings. The Morgan fingerprint density at radius 2 is 0.864 bits per heavy atom. The average molecular weight is 562 g/mol. The Bertz CT molecular complexity index is 2470. The highest BCUT2D eigenvalue weighted by Crippen LogP contribution is 2.37. The Hall–Kier alpha value is -5.93. The van der Waals surface area contributed by atoms with E-state index in [0.29, 0.717) is 0 Å². The van der Waals surface area contributed by atoms with Crippen molar-refractivity contribution in [3.05, 3.63) is 164 Å². The van der Waals surface area contributed by atoms with E-state index in [-0.39, 0.29) is 0 Å². The third-order valence-corrected chi connectivity index (χ3v) is 8.73. The maximum absolute atomic E-state index is 5.28. The molecule has 206 valence electrons. The molecule has 0 radical (unpaired) electrons. The first-order valence-corrected chi connectivity index (χ1v) is 15.0. The second-order valence-corrected chi connectivity index (χ2v) is 11.2. The smallest absolute Gasteiger partial charge is 0.0970 e. The van der Waals surface area contributed by atoms with Crippen molar-refractivity contribution in [2.45, 2.75) is 0 Å². The summed E-state index contributed by atoms with van der Waals surface area (Å²) in [5, 5.41) is 3.61. The molecule has 3 nitrogen and oxygen atoms in total. The number of fused-ring (bicyclic) bond motifs is 6. The lowest BCUT2D eigenvalue weighted by atomic mass is 10.1. The standard InChI is InChI=1S/C41H27N3/c1-3-11-28(12-4-1)29-19-22-32(23-20-29)43-37-17-9-7-15-33(37)35-27-30(21-25-39(35)43)36-24-26-40-41(42-36)34-16-8-10-18-38(34)44(40)31-13-5-2-6-14-31/h1-27H. The van der Waals surface area contributed by atoms with Crippen LogP contribution in [0.5, 0.6) is 0 Å². The van der Waals surface area contributed by atoms with Gasteiger partial charge in [-0.25, -0.2) is 4.98 Å². The summed E-state index contributed by atoms with van der Waals surface area (Å²) >= 11 is 0. The summed E-state index contributed by atoms with van der Waals surface area (Å²) in [6, 6.07) is 58.3. The highest BCUT2D eigenvalue weighted by molar-refractivity contribution is 6.11. The van der Waals surface area contributed by atoms with Crippen molar-refractivity contribution in [3.8, 4) is 33.8 Å². The predicted molar refractivity (Wildman–Crippen MR) is 184 cm³/mol. The van der Waals surface area contributed by atoms with E-state index < -0.39 is 0 Å². The highest BCUT2D eigenvalue weighted by Gasteiger charge is 2.16. The van der Waals surface area contributed by atoms with Gasteiger partial charge in [0.2, 0.25) is 0 Å². The van der Waals surface area contributed by atoms with Gasteiger partial charge in [-0.2, -0.15) is 0 Å². The summed E-state index contributed by atoms with van der Waals surface area (Å²) in [6.45, 7) is 0. The first-order chi connectivity index (χ1) is 21.8. The summed E-state index contributed by atoms with van der Waals surface area (Å²) in [6.07, 6.45) is 0. The Kier molecular flexibility index (Phi) is 5.50. The molecule has 6 aromatic carbocycles. The van der Waals surface area contributed by atoms with Gasteiger partial charge >= 0.3 is 0 Å². The topological polar surface area (TPSA) is 22.8 Å². The molecular weight excluding hydrogens is 534 g/mol. The highest BCUT2D eigenvalue weighted by atomic mass is 15.0. The van der Waals surface area contributed by atoms with Crippen LogP contribution in [0.4, 0.5) is 0 Å². The van der Waals surface area contributed by atoms with Gasteiger partial charge in [0.15, 0.2) is 0 Å². The molecule has 0 aliphatic carbocycles. The van der Waals surface area contributed by atoms with E-state index in [9.17, 15) is 0 Å². The van der Waals surface area contributed by atoms with E-state index in [4.69, 9.17) is 4.98 Å². The normalized spacial score (nSPS) is 11.6. The molecule has 0 N–H and O–H groups in total. The zero-order valence-corrected chi connectivity index (χ0v) is 23.9. The molecule has 0 spiro atoms. The summed E-state index contributed by atoms with van der Waals surface area (Å²) in [7, 11) is 0. The number of hydrogen-bond acceptors (Lipinski definition) is 1. The van der Waals surface area contributed by atoms with E-state index in [1.165, 1.54) is 32.9 Å². The monoisotopic (exact) mass is 561 g/mol. The molecule has 0 atom stereocenters. The lowest BCUT2D eigenvalue weighted by molar-refractivity contribution is 1.17. The van der Waals surface area contributed by atoms with E-state index >= 15 is 0 Å². The quantitative estimate of drug-likeness (QED) is 0.210. The van der Waals surface area contributed by atoms with Crippen molar-refractivity contribution >= 4 is 43.7 Å². The maximum Gasteiger partial charge on any atom is 0.0970 e. The lowest BCUT2D eigenvalue weighted by Gasteiger charge is -2.10. The SMILES string of the molecule is c1ccc(-c2ccc(-n3c4ccccc4c4cc(-c5ccc6c(n5)c5ccccc5n6-c5ccccc5)ccc43)cc2)cc1. The van der Waals surface area contributed by atoms with Gasteiger partial charge in [0, 0.05) is 33.1 Å². The zero-order valence-electron chi connectivity index (χ0n) is 23.9. The van der Waals surface area contributed by atoms with Gasteiger partial charge in [0.25, 0.3) is 0 Å². The van der Waals surface area contributed by atoms with Crippen molar-refractivity contribution in [1.29, 1.82) is 0 Å². The lowest BCUT2D eigenvalue weighted by Crippen LogP contribution is -1.94. The van der Waals surface area contributed by atoms with Crippen molar-refractivity contribution in [1.82, 2.24) is 14.1 Å². The van der Waals surface area contributed by atoms with E-state index in [1.54, 1.807) is 0 Å². The number of hydrogen-bond donors (Lipinski definition) is 0. The van der Waals surface area contributed by atoms with Gasteiger partial charge in [0.1, 0.15) is 0 Å². The fourth-order valence-corrected chi connectivity index (χ4v) is 6.69. The van der Waals surface area contributed by atoms with Crippen LogP contribution in [-0.4, -0.2) is 14.1 Å². The largest absolute Gasteiger partial charge is 0.309 e. The van der Waals surface area contributed by atoms with Gasteiger partial charge in [0.05, 0.1) is 33.3 Å². The number of aromatic nitrogens is 3. The van der Waals surface area contributed by atoms with Gasteiger partial charge in [-0.1, -0.05) is 103 Å². The minimum Gasteiger partial charge on any atom is -0.309 e. The molecule has 0 saturated carbocycles. The number of benzene rings is 6. The molecule has 9 rings (SSSR count). The Morgan fingerprint density at radius 1 is 0.341 bits per heavy atom. The fraction of sp³-hybridized carbons (Fsp3) is 0. The molecule has 3 heterocycles. The summed E-state index contributed by atoms with van der Waals surface area (Å²) in [4.78, 5) is 5.28. The molecule has 0 amide bonds. The van der Waals surface area contributed by atoms with Crippen molar-refractivity contribution in [3.63, 3.8) is 0 Å². The van der Waals surface area contributed by atoms with Crippen LogP contribution < -0.4 is 0 Å². The number of nitrogens with zero attached hydrogens (tertiary/aromatic N) is 3. The minimum absolute atomic E-state index is 0.972. The second-order valence-electron chi connectivity index (χ2n) is 11.2. The van der Waals surface area contributed by atoms with Crippen LogP contribution in [-0.2, 0) is 0 Å². The molecular formula is C41H27N3. The molecule has 0 bridgehead atoms. The first kappa shape index (κ1) is 24.6. The van der Waals surface area contributed by atoms with Crippen molar-refractivity contribution < 1.29 is 0 Å². The zero-order chi connectivity index (χ0) is 29.0. The minimum atomic E-state index is 0.972. The molecule has 0 unspecified atom stereocenters. The Labute approximate surface area is 254 Å². The predicted octanol–water partition coefficient (Wildman–Crippen LogP) is 10.6. The Balaban J connectivity index is 1.20. The van der Waals surface area contributed by atoms with Crippen LogP contribution in [0.2, 0.25) is 0 Å². The van der Waals surface area contributed by atoms with Crippen LogP contribution in [0.1, 0.15) is 0 Å². The van der Waals surface area contributed by atoms with E-state index in [2.05, 4.69) is 173 Å². The van der Waals surface area contributed by atoms with E-state index in [1.807, 2.05) is 0 Å². The van der Waals surface area contributed by atoms with Gasteiger partial charge in [-0.15, -0.1) is 0 Å². The van der Waals surface area contributed by atoms with Crippen LogP contribution in [0, 0.1) is 0 Å². The first-order valence-electron chi connectivity index (χ1n) is 15.0. The fourth-order valence-electron chi connectivity index (χ4n) is 6.69. The third kappa shape index (κ3) is 3.80. The van der Waals surface area contributed by atoms with Crippen LogP contribution >= 0.6 is 0 Å². The molecule has 3 aromatic heterocycles. The number of para-hydroxylation sites is 3. The van der Waals surface area contributed by atoms with Crippen LogP contribution in [0.25, 0.3) is 77.5 Å². The summed E-state index contributed by atoms with van der Waals surface area (Å²) < 4.78 is 4.68. The number of rotatable bonds is 4. The van der Waals surface area contributed by atoms with Crippen molar-refractivity contribution in [2.24, 2.45) is 0 Å². The van der Waals surface area contributed by atoms with E-state index in [0.717, 1.165) is 44.6 Å². The third-order valence-electron chi connectivity index (χ3n) is 8.73.